The average molecular weight is 207 g/mol. The molecule has 0 heterocycles. The lowest BCUT2D eigenvalue weighted by Crippen LogP contribution is -2.39. The minimum atomic E-state index is -0.650. The molecule has 0 aromatic heterocycles. The van der Waals surface area contributed by atoms with Crippen LogP contribution in [0.2, 0.25) is 0 Å². The van der Waals surface area contributed by atoms with Crippen LogP contribution in [0.5, 0.6) is 0 Å². The lowest BCUT2D eigenvalue weighted by molar-refractivity contribution is 0.188. The Morgan fingerprint density at radius 1 is 1.13 bits per heavy atom. The zero-order valence-corrected chi connectivity index (χ0v) is 8.95. The van der Waals surface area contributed by atoms with Crippen LogP contribution in [0.1, 0.15) is 31.2 Å². The molecule has 1 fully saturated rings. The molecule has 2 atom stereocenters. The molecule has 0 unspecified atom stereocenters. The van der Waals surface area contributed by atoms with E-state index in [4.69, 9.17) is 0 Å². The van der Waals surface area contributed by atoms with E-state index in [0.717, 1.165) is 32.2 Å². The van der Waals surface area contributed by atoms with Crippen molar-refractivity contribution in [1.82, 2.24) is 5.32 Å². The van der Waals surface area contributed by atoms with Gasteiger partial charge in [-0.1, -0.05) is 43.2 Å². The van der Waals surface area contributed by atoms with Crippen LogP contribution >= 0.6 is 0 Å². The maximum absolute atomic E-state index is 13.5. The van der Waals surface area contributed by atoms with Crippen LogP contribution in [0.15, 0.2) is 30.3 Å². The second-order valence-electron chi connectivity index (χ2n) is 4.27. The van der Waals surface area contributed by atoms with Gasteiger partial charge in [-0.25, -0.2) is 4.39 Å². The van der Waals surface area contributed by atoms with Gasteiger partial charge in [-0.05, 0) is 18.4 Å². The first kappa shape index (κ1) is 10.6. The van der Waals surface area contributed by atoms with E-state index in [1.165, 1.54) is 5.56 Å². The molecular formula is C13H18FN. The molecule has 0 bridgehead atoms. The maximum Gasteiger partial charge on any atom is 0.115 e. The molecule has 1 aromatic rings. The Kier molecular flexibility index (Phi) is 3.73. The molecule has 0 spiro atoms. The summed E-state index contributed by atoms with van der Waals surface area (Å²) in [4.78, 5) is 0. The summed E-state index contributed by atoms with van der Waals surface area (Å²) in [5.41, 5.74) is 1.23. The third kappa shape index (κ3) is 3.03. The van der Waals surface area contributed by atoms with Crippen molar-refractivity contribution in [3.63, 3.8) is 0 Å². The summed E-state index contributed by atoms with van der Waals surface area (Å²) in [5, 5.41) is 3.31. The Morgan fingerprint density at radius 3 is 2.60 bits per heavy atom. The van der Waals surface area contributed by atoms with Crippen LogP contribution in [0.3, 0.4) is 0 Å². The SMILES string of the molecule is F[C@H]1CCCC[C@H]1NCc1ccccc1. The molecule has 15 heavy (non-hydrogen) atoms. The number of alkyl halides is 1. The normalized spacial score (nSPS) is 26.5. The molecule has 0 radical (unpaired) electrons. The van der Waals surface area contributed by atoms with E-state index in [2.05, 4.69) is 17.4 Å². The number of hydrogen-bond acceptors (Lipinski definition) is 1. The van der Waals surface area contributed by atoms with Gasteiger partial charge in [0.15, 0.2) is 0 Å². The van der Waals surface area contributed by atoms with Crippen molar-refractivity contribution in [2.75, 3.05) is 0 Å². The zero-order valence-electron chi connectivity index (χ0n) is 8.95. The van der Waals surface area contributed by atoms with Crippen molar-refractivity contribution < 1.29 is 4.39 Å². The Labute approximate surface area is 90.7 Å². The van der Waals surface area contributed by atoms with E-state index in [-0.39, 0.29) is 6.04 Å². The van der Waals surface area contributed by atoms with Gasteiger partial charge in [0.05, 0.1) is 0 Å². The van der Waals surface area contributed by atoms with Crippen molar-refractivity contribution in [3.05, 3.63) is 35.9 Å². The molecular weight excluding hydrogens is 189 g/mol. The van der Waals surface area contributed by atoms with Crippen molar-refractivity contribution in [2.45, 2.75) is 44.4 Å². The highest BCUT2D eigenvalue weighted by Crippen LogP contribution is 2.21. The first-order valence-corrected chi connectivity index (χ1v) is 5.77. The molecule has 1 nitrogen and oxygen atoms in total. The number of hydrogen-bond donors (Lipinski definition) is 1. The highest BCUT2D eigenvalue weighted by molar-refractivity contribution is 5.14. The van der Waals surface area contributed by atoms with E-state index in [1.54, 1.807) is 0 Å². The fourth-order valence-corrected chi connectivity index (χ4v) is 2.16. The van der Waals surface area contributed by atoms with Gasteiger partial charge in [0.2, 0.25) is 0 Å². The topological polar surface area (TPSA) is 12.0 Å². The van der Waals surface area contributed by atoms with Gasteiger partial charge >= 0.3 is 0 Å². The molecule has 0 amide bonds. The number of halogens is 1. The second kappa shape index (κ2) is 5.26. The van der Waals surface area contributed by atoms with Gasteiger partial charge in [-0.15, -0.1) is 0 Å². The lowest BCUT2D eigenvalue weighted by atomic mass is 9.93. The van der Waals surface area contributed by atoms with Crippen LogP contribution in [0.4, 0.5) is 4.39 Å². The van der Waals surface area contributed by atoms with Crippen LogP contribution in [0.25, 0.3) is 0 Å². The largest absolute Gasteiger partial charge is 0.307 e. The molecule has 1 saturated carbocycles. The van der Waals surface area contributed by atoms with Crippen molar-refractivity contribution in [1.29, 1.82) is 0 Å². The van der Waals surface area contributed by atoms with Crippen molar-refractivity contribution in [2.24, 2.45) is 0 Å². The first-order chi connectivity index (χ1) is 7.36. The summed E-state index contributed by atoms with van der Waals surface area (Å²) in [6.07, 6.45) is 3.26. The molecule has 0 saturated heterocycles. The van der Waals surface area contributed by atoms with Gasteiger partial charge < -0.3 is 5.32 Å². The standard InChI is InChI=1S/C13H18FN/c14-12-8-4-5-9-13(12)15-10-11-6-2-1-3-7-11/h1-3,6-7,12-13,15H,4-5,8-10H2/t12-,13+/m0/s1. The van der Waals surface area contributed by atoms with Gasteiger partial charge in [-0.3, -0.25) is 0 Å². The van der Waals surface area contributed by atoms with Crippen LogP contribution in [-0.4, -0.2) is 12.2 Å². The van der Waals surface area contributed by atoms with Crippen molar-refractivity contribution in [3.8, 4) is 0 Å². The third-order valence-corrected chi connectivity index (χ3v) is 3.09. The minimum absolute atomic E-state index is 0.0685. The van der Waals surface area contributed by atoms with Crippen molar-refractivity contribution >= 4 is 0 Å². The number of nitrogens with one attached hydrogen (secondary N) is 1. The van der Waals surface area contributed by atoms with E-state index in [0.29, 0.717) is 0 Å². The molecule has 1 N–H and O–H groups in total. The minimum Gasteiger partial charge on any atom is -0.307 e. The van der Waals surface area contributed by atoms with E-state index in [1.807, 2.05) is 18.2 Å². The summed E-state index contributed by atoms with van der Waals surface area (Å²) in [6, 6.07) is 10.3. The lowest BCUT2D eigenvalue weighted by Gasteiger charge is -2.26. The fourth-order valence-electron chi connectivity index (χ4n) is 2.16. The van der Waals surface area contributed by atoms with E-state index in [9.17, 15) is 4.39 Å². The summed E-state index contributed by atoms with van der Waals surface area (Å²) >= 11 is 0. The Hall–Kier alpha value is -0.890. The molecule has 2 heteroatoms. The molecule has 1 aliphatic rings. The summed E-state index contributed by atoms with van der Waals surface area (Å²) in [5.74, 6) is 0. The number of rotatable bonds is 3. The predicted molar refractivity (Wildman–Crippen MR) is 60.4 cm³/mol. The quantitative estimate of drug-likeness (QED) is 0.803. The van der Waals surface area contributed by atoms with Gasteiger partial charge in [0, 0.05) is 12.6 Å². The fraction of sp³-hybridized carbons (Fsp3) is 0.538. The Bertz CT molecular complexity index is 286. The molecule has 1 aromatic carbocycles. The predicted octanol–water partition coefficient (Wildman–Crippen LogP) is 3.06. The first-order valence-electron chi connectivity index (χ1n) is 5.77. The molecule has 1 aliphatic carbocycles. The molecule has 0 aliphatic heterocycles. The second-order valence-corrected chi connectivity index (χ2v) is 4.27. The average Bonchev–Trinajstić information content (AvgIpc) is 2.29. The third-order valence-electron chi connectivity index (χ3n) is 3.09. The Morgan fingerprint density at radius 2 is 1.87 bits per heavy atom. The van der Waals surface area contributed by atoms with E-state index >= 15 is 0 Å². The summed E-state index contributed by atoms with van der Waals surface area (Å²) < 4.78 is 13.5. The molecule has 2 rings (SSSR count). The highest BCUT2D eigenvalue weighted by atomic mass is 19.1. The summed E-state index contributed by atoms with van der Waals surface area (Å²) in [6.45, 7) is 0.784. The van der Waals surface area contributed by atoms with Crippen LogP contribution < -0.4 is 5.32 Å². The van der Waals surface area contributed by atoms with Gasteiger partial charge in [0.25, 0.3) is 0 Å². The highest BCUT2D eigenvalue weighted by Gasteiger charge is 2.23. The summed E-state index contributed by atoms with van der Waals surface area (Å²) in [7, 11) is 0. The van der Waals surface area contributed by atoms with Gasteiger partial charge in [-0.2, -0.15) is 0 Å². The maximum atomic E-state index is 13.5. The van der Waals surface area contributed by atoms with E-state index < -0.39 is 6.17 Å². The van der Waals surface area contributed by atoms with Crippen LogP contribution in [-0.2, 0) is 6.54 Å². The monoisotopic (exact) mass is 207 g/mol. The molecule has 82 valence electrons. The van der Waals surface area contributed by atoms with Crippen LogP contribution in [0, 0.1) is 0 Å². The number of benzene rings is 1. The zero-order chi connectivity index (χ0) is 10.5. The smallest absolute Gasteiger partial charge is 0.115 e. The Balaban J connectivity index is 1.82. The van der Waals surface area contributed by atoms with Gasteiger partial charge in [0.1, 0.15) is 6.17 Å².